The highest BCUT2D eigenvalue weighted by Crippen LogP contribution is 2.33. The fourth-order valence-electron chi connectivity index (χ4n) is 3.08. The summed E-state index contributed by atoms with van der Waals surface area (Å²) in [5.74, 6) is -0.632. The molecule has 0 N–H and O–H groups in total. The third-order valence-electron chi connectivity index (χ3n) is 4.15. The largest absolute Gasteiger partial charge is 0.300 e. The molecule has 3 heteroatoms. The maximum Gasteiger partial charge on any atom is 0.194 e. The second kappa shape index (κ2) is 5.34. The van der Waals surface area contributed by atoms with Crippen molar-refractivity contribution in [1.82, 2.24) is 0 Å². The minimum Gasteiger partial charge on any atom is -0.300 e. The van der Waals surface area contributed by atoms with Crippen LogP contribution in [0.2, 0.25) is 0 Å². The predicted octanol–water partition coefficient (Wildman–Crippen LogP) is 3.35. The van der Waals surface area contributed by atoms with Crippen molar-refractivity contribution in [2.45, 2.75) is 26.2 Å². The van der Waals surface area contributed by atoms with Gasteiger partial charge in [-0.25, -0.2) is 0 Å². The minimum absolute atomic E-state index is 0.0285. The van der Waals surface area contributed by atoms with Gasteiger partial charge in [-0.15, -0.1) is 0 Å². The Hall–Kier alpha value is -2.55. The molecule has 0 heterocycles. The number of hydrogen-bond donors (Lipinski definition) is 0. The first-order chi connectivity index (χ1) is 10.5. The monoisotopic (exact) mass is 292 g/mol. The summed E-state index contributed by atoms with van der Waals surface area (Å²) in [7, 11) is 0. The molecule has 3 rings (SSSR count). The van der Waals surface area contributed by atoms with Gasteiger partial charge in [0.2, 0.25) is 0 Å². The molecule has 0 radical (unpaired) electrons. The van der Waals surface area contributed by atoms with E-state index in [0.29, 0.717) is 22.3 Å². The number of rotatable bonds is 2. The van der Waals surface area contributed by atoms with Crippen LogP contribution < -0.4 is 0 Å². The Morgan fingerprint density at radius 1 is 1.00 bits per heavy atom. The van der Waals surface area contributed by atoms with Gasteiger partial charge < -0.3 is 0 Å². The van der Waals surface area contributed by atoms with E-state index < -0.39 is 0 Å². The van der Waals surface area contributed by atoms with Crippen LogP contribution in [0.25, 0.3) is 0 Å². The zero-order valence-electron chi connectivity index (χ0n) is 12.6. The van der Waals surface area contributed by atoms with E-state index >= 15 is 0 Å². The topological polar surface area (TPSA) is 51.2 Å². The highest BCUT2D eigenvalue weighted by molar-refractivity contribution is 6.21. The Kier molecular flexibility index (Phi) is 3.49. The summed E-state index contributed by atoms with van der Waals surface area (Å²) in [5.41, 5.74) is 2.75. The van der Waals surface area contributed by atoms with Gasteiger partial charge in [0.05, 0.1) is 0 Å². The fourth-order valence-corrected chi connectivity index (χ4v) is 3.08. The number of hydrogen-bond acceptors (Lipinski definition) is 3. The van der Waals surface area contributed by atoms with E-state index in [2.05, 4.69) is 0 Å². The molecule has 0 saturated carbocycles. The van der Waals surface area contributed by atoms with Gasteiger partial charge in [-0.2, -0.15) is 0 Å². The van der Waals surface area contributed by atoms with Crippen LogP contribution in [0, 0.1) is 0 Å². The number of ketones is 3. The van der Waals surface area contributed by atoms with E-state index in [9.17, 15) is 14.4 Å². The molecule has 3 nitrogen and oxygen atoms in total. The third-order valence-corrected chi connectivity index (χ3v) is 4.15. The Morgan fingerprint density at radius 3 is 2.41 bits per heavy atom. The van der Waals surface area contributed by atoms with Gasteiger partial charge >= 0.3 is 0 Å². The smallest absolute Gasteiger partial charge is 0.194 e. The van der Waals surface area contributed by atoms with Crippen molar-refractivity contribution in [3.05, 3.63) is 70.3 Å². The lowest BCUT2D eigenvalue weighted by Crippen LogP contribution is -2.13. The molecule has 0 fully saturated rings. The molecule has 110 valence electrons. The molecule has 1 unspecified atom stereocenters. The van der Waals surface area contributed by atoms with Crippen LogP contribution in [-0.4, -0.2) is 17.3 Å². The number of fused-ring (bicyclic) bond motifs is 2. The molecule has 1 atom stereocenters. The van der Waals surface area contributed by atoms with E-state index in [4.69, 9.17) is 0 Å². The first-order valence-corrected chi connectivity index (χ1v) is 7.30. The van der Waals surface area contributed by atoms with Crippen molar-refractivity contribution >= 4 is 17.3 Å². The summed E-state index contributed by atoms with van der Waals surface area (Å²) < 4.78 is 0. The van der Waals surface area contributed by atoms with Gasteiger partial charge in [0.25, 0.3) is 0 Å². The summed E-state index contributed by atoms with van der Waals surface area (Å²) in [4.78, 5) is 37.2. The molecule has 0 saturated heterocycles. The highest BCUT2D eigenvalue weighted by atomic mass is 16.1. The second-order valence-electron chi connectivity index (χ2n) is 5.72. The van der Waals surface area contributed by atoms with E-state index in [1.807, 2.05) is 19.1 Å². The van der Waals surface area contributed by atoms with Gasteiger partial charge in [0.1, 0.15) is 5.78 Å². The van der Waals surface area contributed by atoms with Crippen molar-refractivity contribution in [3.63, 3.8) is 0 Å². The molecule has 0 spiro atoms. The Labute approximate surface area is 129 Å². The summed E-state index contributed by atoms with van der Waals surface area (Å²) in [5, 5.41) is 0. The van der Waals surface area contributed by atoms with Crippen LogP contribution in [0.15, 0.2) is 42.5 Å². The quantitative estimate of drug-likeness (QED) is 0.853. The Balaban J connectivity index is 2.31. The molecule has 2 aromatic carbocycles. The van der Waals surface area contributed by atoms with Crippen LogP contribution in [0.4, 0.5) is 0 Å². The molecule has 1 aliphatic carbocycles. The molecule has 0 bridgehead atoms. The van der Waals surface area contributed by atoms with Gasteiger partial charge in [0, 0.05) is 29.0 Å². The van der Waals surface area contributed by atoms with E-state index in [-0.39, 0.29) is 29.7 Å². The van der Waals surface area contributed by atoms with E-state index in [1.165, 1.54) is 6.92 Å². The highest BCUT2D eigenvalue weighted by Gasteiger charge is 2.32. The van der Waals surface area contributed by atoms with Crippen molar-refractivity contribution in [2.75, 3.05) is 0 Å². The molecular formula is C19H16O3. The number of benzene rings is 2. The maximum absolute atomic E-state index is 13.0. The molecule has 0 amide bonds. The van der Waals surface area contributed by atoms with Gasteiger partial charge in [-0.3, -0.25) is 14.4 Å². The average Bonchev–Trinajstić information content (AvgIpc) is 2.58. The zero-order chi connectivity index (χ0) is 15.9. The first kappa shape index (κ1) is 14.4. The lowest BCUT2D eigenvalue weighted by Gasteiger charge is -2.10. The number of carbonyl (C=O) groups is 3. The van der Waals surface area contributed by atoms with Gasteiger partial charge in [-0.1, -0.05) is 49.4 Å². The van der Waals surface area contributed by atoms with E-state index in [1.54, 1.807) is 30.3 Å². The summed E-state index contributed by atoms with van der Waals surface area (Å²) in [6.45, 7) is 3.31. The molecular weight excluding hydrogens is 276 g/mol. The van der Waals surface area contributed by atoms with Crippen molar-refractivity contribution in [2.24, 2.45) is 0 Å². The molecule has 22 heavy (non-hydrogen) atoms. The zero-order valence-corrected chi connectivity index (χ0v) is 12.6. The lowest BCUT2D eigenvalue weighted by atomic mass is 9.91. The van der Waals surface area contributed by atoms with Crippen LogP contribution in [0.5, 0.6) is 0 Å². The van der Waals surface area contributed by atoms with Crippen molar-refractivity contribution in [1.29, 1.82) is 0 Å². The van der Waals surface area contributed by atoms with E-state index in [0.717, 1.165) is 5.56 Å². The molecule has 0 aliphatic heterocycles. The van der Waals surface area contributed by atoms with Crippen molar-refractivity contribution in [3.8, 4) is 0 Å². The molecule has 2 aromatic rings. The van der Waals surface area contributed by atoms with Gasteiger partial charge in [-0.05, 0) is 18.1 Å². The van der Waals surface area contributed by atoms with Gasteiger partial charge in [0.15, 0.2) is 11.6 Å². The van der Waals surface area contributed by atoms with Crippen LogP contribution in [-0.2, 0) is 11.2 Å². The molecule has 1 aliphatic rings. The normalized spacial score (nSPS) is 16.7. The lowest BCUT2D eigenvalue weighted by molar-refractivity contribution is -0.116. The van der Waals surface area contributed by atoms with Crippen LogP contribution >= 0.6 is 0 Å². The summed E-state index contributed by atoms with van der Waals surface area (Å²) in [6, 6.07) is 12.4. The third kappa shape index (κ3) is 2.19. The predicted molar refractivity (Wildman–Crippen MR) is 83.4 cm³/mol. The average molecular weight is 292 g/mol. The minimum atomic E-state index is -0.367. The maximum atomic E-state index is 13.0. The van der Waals surface area contributed by atoms with Crippen molar-refractivity contribution < 1.29 is 14.4 Å². The standard InChI is InChI=1S/C19H16O3/c1-11(20)10-13-6-5-9-16-17(13)19(22)15-8-4-3-7-14(15)12(2)18(16)21/h3-9,12H,10H2,1-2H3. The summed E-state index contributed by atoms with van der Waals surface area (Å²) >= 11 is 0. The second-order valence-corrected chi connectivity index (χ2v) is 5.72. The number of carbonyl (C=O) groups excluding carboxylic acids is 3. The summed E-state index contributed by atoms with van der Waals surface area (Å²) in [6.07, 6.45) is 0.165. The fraction of sp³-hybridized carbons (Fsp3) is 0.211. The first-order valence-electron chi connectivity index (χ1n) is 7.30. The van der Waals surface area contributed by atoms with Crippen LogP contribution in [0.1, 0.15) is 57.2 Å². The Morgan fingerprint density at radius 2 is 1.68 bits per heavy atom. The Bertz CT molecular complexity index is 802. The number of Topliss-reactive ketones (excluding diaryl/α,β-unsaturated/α-hetero) is 2. The van der Waals surface area contributed by atoms with Crippen LogP contribution in [0.3, 0.4) is 0 Å². The SMILES string of the molecule is CC(=O)Cc1cccc2c1C(=O)c1ccccc1C(C)C2=O. The molecule has 0 aromatic heterocycles.